The lowest BCUT2D eigenvalue weighted by Gasteiger charge is -2.42. The van der Waals surface area contributed by atoms with E-state index in [1.807, 2.05) is 49.1 Å². The zero-order valence-electron chi connectivity index (χ0n) is 20.0. The van der Waals surface area contributed by atoms with Crippen molar-refractivity contribution >= 4 is 43.5 Å². The number of nitrogens with zero attached hydrogens (tertiary/aromatic N) is 3. The third-order valence-corrected chi connectivity index (χ3v) is 9.38. The highest BCUT2D eigenvalue weighted by atomic mass is 79.9. The highest BCUT2D eigenvalue weighted by molar-refractivity contribution is 9.10. The quantitative estimate of drug-likeness (QED) is 0.559. The normalized spacial score (nSPS) is 19.2. The summed E-state index contributed by atoms with van der Waals surface area (Å²) < 4.78 is 28.7. The Hall–Kier alpha value is -2.43. The fourth-order valence-corrected chi connectivity index (χ4v) is 6.48. The fraction of sp³-hybridized carbons (Fsp3) is 0.440. The lowest BCUT2D eigenvalue weighted by Crippen LogP contribution is -2.57. The SMILES string of the molecule is CCC(C)NC(=O)CN1CN(c2ccccc2)C2(CCN(S(=O)(=O)c3ccc(Br)cc3)CC2)C1=O. The second kappa shape index (κ2) is 10.3. The first-order valence-corrected chi connectivity index (χ1v) is 14.1. The maximum atomic E-state index is 13.8. The van der Waals surface area contributed by atoms with Gasteiger partial charge in [0.2, 0.25) is 21.8 Å². The van der Waals surface area contributed by atoms with Crippen LogP contribution in [0.25, 0.3) is 0 Å². The third-order valence-electron chi connectivity index (χ3n) is 6.94. The highest BCUT2D eigenvalue weighted by Gasteiger charge is 2.55. The molecule has 0 saturated carbocycles. The summed E-state index contributed by atoms with van der Waals surface area (Å²) in [7, 11) is -3.67. The van der Waals surface area contributed by atoms with Crippen LogP contribution in [0.1, 0.15) is 33.1 Å². The van der Waals surface area contributed by atoms with Crippen LogP contribution >= 0.6 is 15.9 Å². The molecule has 4 rings (SSSR count). The van der Waals surface area contributed by atoms with E-state index in [4.69, 9.17) is 0 Å². The van der Waals surface area contributed by atoms with Crippen molar-refractivity contribution in [2.24, 2.45) is 0 Å². The first-order chi connectivity index (χ1) is 16.7. The molecule has 0 bridgehead atoms. The lowest BCUT2D eigenvalue weighted by molar-refractivity contribution is -0.137. The number of sulfonamides is 1. The van der Waals surface area contributed by atoms with Crippen LogP contribution in [0.15, 0.2) is 64.0 Å². The maximum Gasteiger partial charge on any atom is 0.250 e. The van der Waals surface area contributed by atoms with Gasteiger partial charge in [-0.3, -0.25) is 9.59 Å². The monoisotopic (exact) mass is 562 g/mol. The molecule has 1 N–H and O–H groups in total. The van der Waals surface area contributed by atoms with Crippen molar-refractivity contribution in [1.82, 2.24) is 14.5 Å². The number of piperidine rings is 1. The van der Waals surface area contributed by atoms with Crippen molar-refractivity contribution < 1.29 is 18.0 Å². The number of carbonyl (C=O) groups excluding carboxylic acids is 2. The van der Waals surface area contributed by atoms with E-state index in [0.717, 1.165) is 16.6 Å². The standard InChI is InChI=1S/C25H31BrN4O4S/c1-3-19(2)27-23(31)17-28-18-30(21-7-5-4-6-8-21)25(24(28)32)13-15-29(16-14-25)35(33,34)22-11-9-20(26)10-12-22/h4-12,19H,3,13-18H2,1-2H3,(H,27,31). The summed E-state index contributed by atoms with van der Waals surface area (Å²) in [6.07, 6.45) is 1.50. The molecule has 2 aliphatic heterocycles. The largest absolute Gasteiger partial charge is 0.352 e. The average Bonchev–Trinajstić information content (AvgIpc) is 3.11. The molecule has 0 aliphatic carbocycles. The van der Waals surface area contributed by atoms with E-state index in [1.165, 1.54) is 4.31 Å². The molecule has 35 heavy (non-hydrogen) atoms. The Bertz CT molecular complexity index is 1170. The Balaban J connectivity index is 1.57. The molecular weight excluding hydrogens is 532 g/mol. The number of hydrogen-bond acceptors (Lipinski definition) is 5. The van der Waals surface area contributed by atoms with Gasteiger partial charge >= 0.3 is 0 Å². The van der Waals surface area contributed by atoms with Gasteiger partial charge < -0.3 is 15.1 Å². The van der Waals surface area contributed by atoms with Crippen molar-refractivity contribution in [2.75, 3.05) is 31.2 Å². The van der Waals surface area contributed by atoms with E-state index in [0.29, 0.717) is 12.8 Å². The summed E-state index contributed by atoms with van der Waals surface area (Å²) in [5, 5.41) is 2.93. The summed E-state index contributed by atoms with van der Waals surface area (Å²) in [6.45, 7) is 4.64. The van der Waals surface area contributed by atoms with Gasteiger partial charge in [-0.1, -0.05) is 41.1 Å². The van der Waals surface area contributed by atoms with Gasteiger partial charge in [-0.25, -0.2) is 8.42 Å². The molecule has 2 fully saturated rings. The molecule has 2 heterocycles. The molecule has 0 aromatic heterocycles. The molecule has 2 amide bonds. The average molecular weight is 564 g/mol. The van der Waals surface area contributed by atoms with Crippen LogP contribution in [0, 0.1) is 0 Å². The Morgan fingerprint density at radius 2 is 1.71 bits per heavy atom. The Kier molecular flexibility index (Phi) is 7.54. The molecule has 2 aliphatic rings. The topological polar surface area (TPSA) is 90.0 Å². The maximum absolute atomic E-state index is 13.8. The lowest BCUT2D eigenvalue weighted by atomic mass is 9.86. The van der Waals surface area contributed by atoms with Crippen molar-refractivity contribution in [2.45, 2.75) is 49.6 Å². The van der Waals surface area contributed by atoms with Gasteiger partial charge in [0.25, 0.3) is 0 Å². The fourth-order valence-electron chi connectivity index (χ4n) is 4.77. The third kappa shape index (κ3) is 5.10. The molecule has 2 aromatic carbocycles. The number of carbonyl (C=O) groups is 2. The summed E-state index contributed by atoms with van der Waals surface area (Å²) in [5.74, 6) is -0.311. The minimum absolute atomic E-state index is 0.0187. The summed E-state index contributed by atoms with van der Waals surface area (Å²) in [6, 6.07) is 16.3. The predicted molar refractivity (Wildman–Crippen MR) is 138 cm³/mol. The molecule has 1 unspecified atom stereocenters. The molecule has 8 nitrogen and oxygen atoms in total. The van der Waals surface area contributed by atoms with E-state index in [1.54, 1.807) is 29.2 Å². The van der Waals surface area contributed by atoms with E-state index in [9.17, 15) is 18.0 Å². The molecule has 188 valence electrons. The van der Waals surface area contributed by atoms with Gasteiger partial charge in [0.15, 0.2) is 0 Å². The number of rotatable bonds is 7. The van der Waals surface area contributed by atoms with Crippen LogP contribution in [0.4, 0.5) is 5.69 Å². The molecule has 2 aromatic rings. The minimum atomic E-state index is -3.67. The van der Waals surface area contributed by atoms with E-state index in [-0.39, 0.29) is 49.1 Å². The Labute approximate surface area is 215 Å². The summed E-state index contributed by atoms with van der Waals surface area (Å²) in [4.78, 5) is 30.2. The van der Waals surface area contributed by atoms with Crippen LogP contribution < -0.4 is 10.2 Å². The molecule has 0 radical (unpaired) electrons. The van der Waals surface area contributed by atoms with E-state index < -0.39 is 15.6 Å². The van der Waals surface area contributed by atoms with Crippen molar-refractivity contribution in [3.63, 3.8) is 0 Å². The van der Waals surface area contributed by atoms with Gasteiger partial charge in [-0.15, -0.1) is 0 Å². The van der Waals surface area contributed by atoms with Crippen LogP contribution in [0.3, 0.4) is 0 Å². The molecule has 1 spiro atoms. The number of hydrogen-bond donors (Lipinski definition) is 1. The van der Waals surface area contributed by atoms with Gasteiger partial charge in [0.05, 0.1) is 11.6 Å². The number of benzene rings is 2. The van der Waals surface area contributed by atoms with E-state index in [2.05, 4.69) is 21.2 Å². The van der Waals surface area contributed by atoms with Crippen molar-refractivity contribution in [3.8, 4) is 0 Å². The van der Waals surface area contributed by atoms with Gasteiger partial charge in [-0.05, 0) is 62.6 Å². The summed E-state index contributed by atoms with van der Waals surface area (Å²) in [5.41, 5.74) is -0.00101. The molecule has 2 saturated heterocycles. The number of halogens is 1. The molecule has 10 heteroatoms. The van der Waals surface area contributed by atoms with Crippen LogP contribution in [0.5, 0.6) is 0 Å². The molecular formula is C25H31BrN4O4S. The van der Waals surface area contributed by atoms with Crippen LogP contribution in [-0.4, -0.2) is 67.3 Å². The Morgan fingerprint density at radius 3 is 2.31 bits per heavy atom. The van der Waals surface area contributed by atoms with Crippen molar-refractivity contribution in [3.05, 3.63) is 59.1 Å². The first-order valence-electron chi connectivity index (χ1n) is 11.8. The highest BCUT2D eigenvalue weighted by Crippen LogP contribution is 2.40. The number of anilines is 1. The predicted octanol–water partition coefficient (Wildman–Crippen LogP) is 3.19. The zero-order chi connectivity index (χ0) is 25.2. The van der Waals surface area contributed by atoms with Crippen LogP contribution in [0.2, 0.25) is 0 Å². The number of para-hydroxylation sites is 1. The van der Waals surface area contributed by atoms with Gasteiger partial charge in [0.1, 0.15) is 12.1 Å². The summed E-state index contributed by atoms with van der Waals surface area (Å²) >= 11 is 3.34. The van der Waals surface area contributed by atoms with Crippen molar-refractivity contribution in [1.29, 1.82) is 0 Å². The van der Waals surface area contributed by atoms with E-state index >= 15 is 0 Å². The van der Waals surface area contributed by atoms with Gasteiger partial charge in [0, 0.05) is 29.3 Å². The Morgan fingerprint density at radius 1 is 1.09 bits per heavy atom. The second-order valence-corrected chi connectivity index (χ2v) is 12.0. The van der Waals surface area contributed by atoms with Crippen LogP contribution in [-0.2, 0) is 19.6 Å². The smallest absolute Gasteiger partial charge is 0.250 e. The molecule has 1 atom stereocenters. The first kappa shape index (κ1) is 25.7. The number of amides is 2. The minimum Gasteiger partial charge on any atom is -0.352 e. The van der Waals surface area contributed by atoms with Gasteiger partial charge in [-0.2, -0.15) is 4.31 Å². The zero-order valence-corrected chi connectivity index (χ0v) is 22.4. The second-order valence-electron chi connectivity index (χ2n) is 9.17. The number of nitrogens with one attached hydrogen (secondary N) is 1.